The van der Waals surface area contributed by atoms with Crippen LogP contribution in [0.25, 0.3) is 21.3 Å². The van der Waals surface area contributed by atoms with E-state index in [9.17, 15) is 9.90 Å². The van der Waals surface area contributed by atoms with Gasteiger partial charge in [-0.15, -0.1) is 11.3 Å². The lowest BCUT2D eigenvalue weighted by Crippen LogP contribution is -2.39. The molecular formula is C26H25N3O3S. The first-order valence-electron chi connectivity index (χ1n) is 10.9. The van der Waals surface area contributed by atoms with Crippen LogP contribution in [-0.2, 0) is 6.42 Å². The number of thiophene rings is 1. The number of hydrogen-bond donors (Lipinski definition) is 3. The van der Waals surface area contributed by atoms with E-state index in [1.807, 2.05) is 49.5 Å². The molecule has 0 aliphatic rings. The number of fused-ring (bicyclic) bond motifs is 1. The van der Waals surface area contributed by atoms with Gasteiger partial charge in [0.05, 0.1) is 24.8 Å². The fourth-order valence-corrected chi connectivity index (χ4v) is 4.54. The maximum atomic E-state index is 13.3. The van der Waals surface area contributed by atoms with E-state index >= 15 is 0 Å². The van der Waals surface area contributed by atoms with Crippen molar-refractivity contribution in [3.8, 4) is 22.3 Å². The second-order valence-electron chi connectivity index (χ2n) is 7.75. The van der Waals surface area contributed by atoms with Gasteiger partial charge in [0.1, 0.15) is 16.7 Å². The summed E-state index contributed by atoms with van der Waals surface area (Å²) >= 11 is 1.38. The summed E-state index contributed by atoms with van der Waals surface area (Å²) in [4.78, 5) is 18.0. The number of aromatic amines is 1. The number of nitriles is 1. The number of carbonyl (C=O) groups excluding carboxylic acids is 1. The molecule has 0 bridgehead atoms. The summed E-state index contributed by atoms with van der Waals surface area (Å²) in [5.74, 6) is 0.192. The second kappa shape index (κ2) is 10.3. The van der Waals surface area contributed by atoms with Crippen molar-refractivity contribution in [1.82, 2.24) is 10.3 Å². The van der Waals surface area contributed by atoms with Crippen LogP contribution in [0.3, 0.4) is 0 Å². The normalized spacial score (nSPS) is 11.8. The highest BCUT2D eigenvalue weighted by Crippen LogP contribution is 2.32. The molecule has 168 valence electrons. The van der Waals surface area contributed by atoms with Gasteiger partial charge in [0.25, 0.3) is 5.91 Å². The predicted octanol–water partition coefficient (Wildman–Crippen LogP) is 4.89. The molecule has 2 heterocycles. The fraction of sp³-hybridized carbons (Fsp3) is 0.231. The molecule has 0 saturated carbocycles. The van der Waals surface area contributed by atoms with E-state index in [4.69, 9.17) is 10.00 Å². The quantitative estimate of drug-likeness (QED) is 0.332. The van der Waals surface area contributed by atoms with Crippen molar-refractivity contribution in [3.05, 3.63) is 76.8 Å². The van der Waals surface area contributed by atoms with E-state index in [0.717, 1.165) is 33.3 Å². The summed E-state index contributed by atoms with van der Waals surface area (Å²) in [5.41, 5.74) is 3.30. The Balaban J connectivity index is 1.59. The Morgan fingerprint density at radius 2 is 2.09 bits per heavy atom. The van der Waals surface area contributed by atoms with Gasteiger partial charge in [-0.25, -0.2) is 0 Å². The monoisotopic (exact) mass is 459 g/mol. The number of amides is 1. The number of hydrogen-bond acceptors (Lipinski definition) is 5. The lowest BCUT2D eigenvalue weighted by atomic mass is 10.0. The first-order valence-corrected chi connectivity index (χ1v) is 11.7. The minimum absolute atomic E-state index is 0.188. The third-order valence-corrected chi connectivity index (χ3v) is 6.42. The van der Waals surface area contributed by atoms with Crippen LogP contribution < -0.4 is 10.1 Å². The molecule has 1 amide bonds. The highest BCUT2D eigenvalue weighted by molar-refractivity contribution is 7.16. The second-order valence-corrected chi connectivity index (χ2v) is 8.84. The molecule has 7 heteroatoms. The van der Waals surface area contributed by atoms with E-state index < -0.39 is 6.04 Å². The number of aromatic nitrogens is 1. The van der Waals surface area contributed by atoms with Crippen molar-refractivity contribution in [1.29, 1.82) is 5.26 Å². The average Bonchev–Trinajstić information content (AvgIpc) is 3.49. The van der Waals surface area contributed by atoms with Gasteiger partial charge in [-0.3, -0.25) is 4.79 Å². The van der Waals surface area contributed by atoms with Crippen molar-refractivity contribution in [2.75, 3.05) is 13.2 Å². The summed E-state index contributed by atoms with van der Waals surface area (Å²) < 4.78 is 5.83. The van der Waals surface area contributed by atoms with Crippen molar-refractivity contribution in [3.63, 3.8) is 0 Å². The molecule has 1 atom stereocenters. The molecular weight excluding hydrogens is 434 g/mol. The number of aliphatic hydroxyl groups is 1. The summed E-state index contributed by atoms with van der Waals surface area (Å²) in [6, 6.07) is 18.8. The average molecular weight is 460 g/mol. The topological polar surface area (TPSA) is 98.1 Å². The number of nitrogens with one attached hydrogen (secondary N) is 2. The first kappa shape index (κ1) is 22.6. The Bertz CT molecular complexity index is 1300. The van der Waals surface area contributed by atoms with Crippen LogP contribution in [0.1, 0.15) is 34.1 Å². The summed E-state index contributed by atoms with van der Waals surface area (Å²) in [6.07, 6.45) is 3.23. The van der Waals surface area contributed by atoms with Gasteiger partial charge in [0.15, 0.2) is 0 Å². The highest BCUT2D eigenvalue weighted by Gasteiger charge is 2.20. The van der Waals surface area contributed by atoms with Crippen LogP contribution in [0.4, 0.5) is 0 Å². The van der Waals surface area contributed by atoms with Gasteiger partial charge in [-0.05, 0) is 60.4 Å². The number of benzene rings is 2. The zero-order chi connectivity index (χ0) is 23.2. The number of rotatable bonds is 9. The van der Waals surface area contributed by atoms with Crippen molar-refractivity contribution >= 4 is 28.1 Å². The lowest BCUT2D eigenvalue weighted by molar-refractivity contribution is 0.0912. The van der Waals surface area contributed by atoms with Crippen LogP contribution in [0.15, 0.2) is 60.8 Å². The minimum Gasteiger partial charge on any atom is -0.493 e. The van der Waals surface area contributed by atoms with Crippen molar-refractivity contribution < 1.29 is 14.6 Å². The van der Waals surface area contributed by atoms with Gasteiger partial charge in [-0.1, -0.05) is 25.1 Å². The van der Waals surface area contributed by atoms with E-state index in [-0.39, 0.29) is 12.5 Å². The van der Waals surface area contributed by atoms with Crippen molar-refractivity contribution in [2.45, 2.75) is 25.8 Å². The smallest absolute Gasteiger partial charge is 0.255 e. The van der Waals surface area contributed by atoms with E-state index in [0.29, 0.717) is 29.2 Å². The predicted molar refractivity (Wildman–Crippen MR) is 131 cm³/mol. The number of carbonyl (C=O) groups is 1. The van der Waals surface area contributed by atoms with Crippen LogP contribution in [0.5, 0.6) is 5.75 Å². The molecule has 2 aromatic carbocycles. The summed E-state index contributed by atoms with van der Waals surface area (Å²) in [7, 11) is 0. The molecule has 0 aliphatic heterocycles. The first-order chi connectivity index (χ1) is 16.1. The van der Waals surface area contributed by atoms with Gasteiger partial charge in [-0.2, -0.15) is 5.26 Å². The van der Waals surface area contributed by atoms with Crippen LogP contribution >= 0.6 is 11.3 Å². The Morgan fingerprint density at radius 1 is 1.24 bits per heavy atom. The maximum Gasteiger partial charge on any atom is 0.255 e. The molecule has 2 aromatic heterocycles. The minimum atomic E-state index is -0.452. The zero-order valence-electron chi connectivity index (χ0n) is 18.3. The molecule has 0 saturated heterocycles. The largest absolute Gasteiger partial charge is 0.493 e. The van der Waals surface area contributed by atoms with Crippen molar-refractivity contribution in [2.24, 2.45) is 0 Å². The molecule has 6 nitrogen and oxygen atoms in total. The molecule has 0 fully saturated rings. The van der Waals surface area contributed by atoms with E-state index in [2.05, 4.69) is 16.4 Å². The van der Waals surface area contributed by atoms with Gasteiger partial charge < -0.3 is 20.1 Å². The maximum absolute atomic E-state index is 13.3. The molecule has 33 heavy (non-hydrogen) atoms. The number of H-pyrrole nitrogens is 1. The SMILES string of the molecule is CCCOc1ccc(-c2ccc(C#N)s2)cc1C(=O)NC(CO)Cc1c[nH]c2ccccc12. The standard InChI is InChI=1S/C26H25N3O3S/c1-2-11-32-24-9-7-17(25-10-8-20(14-27)33-25)13-22(24)26(31)29-19(16-30)12-18-15-28-23-6-4-3-5-21(18)23/h3-10,13,15,19,28,30H,2,11-12,16H2,1H3,(H,29,31). The summed E-state index contributed by atoms with van der Waals surface area (Å²) in [6.45, 7) is 2.31. The molecule has 1 unspecified atom stereocenters. The summed E-state index contributed by atoms with van der Waals surface area (Å²) in [5, 5.41) is 23.2. The molecule has 0 spiro atoms. The van der Waals surface area contributed by atoms with E-state index in [1.165, 1.54) is 11.3 Å². The third kappa shape index (κ3) is 5.08. The van der Waals surface area contributed by atoms with Crippen LogP contribution in [-0.4, -0.2) is 35.3 Å². The number of para-hydroxylation sites is 1. The van der Waals surface area contributed by atoms with Gasteiger partial charge in [0.2, 0.25) is 0 Å². The number of ether oxygens (including phenoxy) is 1. The van der Waals surface area contributed by atoms with Crippen LogP contribution in [0.2, 0.25) is 0 Å². The zero-order valence-corrected chi connectivity index (χ0v) is 19.1. The third-order valence-electron chi connectivity index (χ3n) is 5.38. The molecule has 4 aromatic rings. The van der Waals surface area contributed by atoms with Gasteiger partial charge >= 0.3 is 0 Å². The van der Waals surface area contributed by atoms with Crippen LogP contribution in [0, 0.1) is 11.3 Å². The number of nitrogens with zero attached hydrogens (tertiary/aromatic N) is 1. The molecule has 0 radical (unpaired) electrons. The number of aliphatic hydroxyl groups excluding tert-OH is 1. The molecule has 3 N–H and O–H groups in total. The Kier molecular flexibility index (Phi) is 7.08. The Morgan fingerprint density at radius 3 is 2.85 bits per heavy atom. The molecule has 0 aliphatic carbocycles. The van der Waals surface area contributed by atoms with E-state index in [1.54, 1.807) is 18.2 Å². The highest BCUT2D eigenvalue weighted by atomic mass is 32.1. The van der Waals surface area contributed by atoms with Gasteiger partial charge in [0, 0.05) is 22.0 Å². The fourth-order valence-electron chi connectivity index (χ4n) is 3.74. The Labute approximate surface area is 196 Å². The molecule has 4 rings (SSSR count). The Hall–Kier alpha value is -3.60. The lowest BCUT2D eigenvalue weighted by Gasteiger charge is -2.18.